The Morgan fingerprint density at radius 2 is 1.78 bits per heavy atom. The third-order valence-electron chi connectivity index (χ3n) is 3.73. The SMILES string of the molecule is CC(C)[C@H]1COC([C]2[CH][CH][CH][C]2COC(=O)C(F)(F)F)=N1.[CH]1[CH][CH][CH][CH]1.[Fe+2]. The van der Waals surface area contributed by atoms with Crippen LogP contribution in [0.1, 0.15) is 13.8 Å². The van der Waals surface area contributed by atoms with Crippen LogP contribution in [0, 0.1) is 69.1 Å². The standard InChI is InChI=1S/C14H15F3NO3.C5H5.Fe/c1-8(2)11-7-20-12(18-11)10-5-3-4-9(10)6-21-13(19)14(15,16)17;1-2-4-5-3-1;/h3-5,8,11H,6-7H2,1-2H3;1-5H;/q;;+2/t11-;;/m1../s1. The topological polar surface area (TPSA) is 47.9 Å². The molecule has 1 heterocycles. The zero-order chi connectivity index (χ0) is 19.2. The zero-order valence-corrected chi connectivity index (χ0v) is 16.0. The molecule has 3 rings (SSSR count). The second-order valence-electron chi connectivity index (χ2n) is 6.06. The quantitative estimate of drug-likeness (QED) is 0.515. The molecule has 10 radical (unpaired) electrons. The summed E-state index contributed by atoms with van der Waals surface area (Å²) in [7, 11) is 0. The van der Waals surface area contributed by atoms with Crippen LogP contribution in [0.3, 0.4) is 0 Å². The summed E-state index contributed by atoms with van der Waals surface area (Å²) in [6, 6.07) is 0.0282. The molecule has 0 amide bonds. The molecule has 0 aromatic heterocycles. The van der Waals surface area contributed by atoms with Gasteiger partial charge in [0.2, 0.25) is 0 Å². The van der Waals surface area contributed by atoms with Crippen molar-refractivity contribution in [1.29, 1.82) is 0 Å². The number of hydrogen-bond donors (Lipinski definition) is 0. The summed E-state index contributed by atoms with van der Waals surface area (Å²) in [6.07, 6.45) is 9.92. The Balaban J connectivity index is 0.000000526. The number of esters is 1. The molecule has 0 bridgehead atoms. The fraction of sp³-hybridized carbons (Fsp3) is 0.368. The van der Waals surface area contributed by atoms with E-state index in [-0.39, 0.29) is 23.1 Å². The molecular weight excluding hydrogens is 403 g/mol. The Kier molecular flexibility index (Phi) is 10.2. The largest absolute Gasteiger partial charge is 2.00 e. The van der Waals surface area contributed by atoms with Crippen LogP contribution in [-0.2, 0) is 31.3 Å². The summed E-state index contributed by atoms with van der Waals surface area (Å²) in [6.45, 7) is 4.00. The molecule has 8 heteroatoms. The second-order valence-corrected chi connectivity index (χ2v) is 6.06. The first kappa shape index (κ1) is 24.3. The van der Waals surface area contributed by atoms with E-state index in [2.05, 4.69) is 9.73 Å². The van der Waals surface area contributed by atoms with Crippen LogP contribution in [0.15, 0.2) is 4.99 Å². The number of nitrogens with zero attached hydrogens (tertiary/aromatic N) is 1. The number of halogens is 3. The van der Waals surface area contributed by atoms with E-state index in [9.17, 15) is 18.0 Å². The van der Waals surface area contributed by atoms with Crippen LogP contribution in [0.4, 0.5) is 13.2 Å². The molecule has 2 aliphatic carbocycles. The van der Waals surface area contributed by atoms with Gasteiger partial charge in [-0.2, -0.15) is 13.2 Å². The van der Waals surface area contributed by atoms with Crippen molar-refractivity contribution >= 4 is 11.9 Å². The first-order chi connectivity index (χ1) is 12.3. The van der Waals surface area contributed by atoms with Gasteiger partial charge in [-0.1, -0.05) is 13.8 Å². The van der Waals surface area contributed by atoms with Crippen LogP contribution in [0.2, 0.25) is 0 Å². The predicted octanol–water partition coefficient (Wildman–Crippen LogP) is 3.34. The summed E-state index contributed by atoms with van der Waals surface area (Å²) in [5.74, 6) is -0.506. The molecule has 4 nitrogen and oxygen atoms in total. The molecular formula is C19H20F3FeNO3+2. The molecule has 2 fully saturated rings. The average Bonchev–Trinajstić information content (AvgIpc) is 3.34. The molecule has 1 atom stereocenters. The molecule has 27 heavy (non-hydrogen) atoms. The van der Waals surface area contributed by atoms with E-state index >= 15 is 0 Å². The third kappa shape index (κ3) is 7.65. The number of hydrogen-bond acceptors (Lipinski definition) is 4. The molecule has 0 saturated heterocycles. The van der Waals surface area contributed by atoms with Gasteiger partial charge < -0.3 is 9.47 Å². The number of carbonyl (C=O) groups excluding carboxylic acids is 1. The van der Waals surface area contributed by atoms with Crippen LogP contribution in [0.25, 0.3) is 0 Å². The second kappa shape index (κ2) is 11.3. The maximum Gasteiger partial charge on any atom is 2.00 e. The fourth-order valence-electron chi connectivity index (χ4n) is 2.22. The van der Waals surface area contributed by atoms with Crippen molar-refractivity contribution in [3.8, 4) is 0 Å². The van der Waals surface area contributed by atoms with E-state index in [1.54, 1.807) is 19.3 Å². The Morgan fingerprint density at radius 3 is 2.26 bits per heavy atom. The Labute approximate surface area is 170 Å². The van der Waals surface area contributed by atoms with Crippen molar-refractivity contribution in [1.82, 2.24) is 0 Å². The molecule has 1 aliphatic heterocycles. The van der Waals surface area contributed by atoms with Crippen molar-refractivity contribution in [2.75, 3.05) is 13.2 Å². The Morgan fingerprint density at radius 1 is 1.19 bits per heavy atom. The van der Waals surface area contributed by atoms with E-state index in [4.69, 9.17) is 4.74 Å². The number of aliphatic imine (C=N–C) groups is 1. The first-order valence-corrected chi connectivity index (χ1v) is 8.15. The van der Waals surface area contributed by atoms with Crippen LogP contribution >= 0.6 is 0 Å². The van der Waals surface area contributed by atoms with Crippen molar-refractivity contribution in [2.24, 2.45) is 10.9 Å². The molecule has 0 unspecified atom stereocenters. The molecule has 146 valence electrons. The minimum atomic E-state index is -4.99. The van der Waals surface area contributed by atoms with Crippen LogP contribution in [-0.4, -0.2) is 37.3 Å². The van der Waals surface area contributed by atoms with E-state index in [0.717, 1.165) is 0 Å². The molecule has 0 N–H and O–H groups in total. The summed E-state index contributed by atoms with van der Waals surface area (Å²) in [4.78, 5) is 15.1. The molecule has 0 spiro atoms. The molecule has 3 aliphatic rings. The van der Waals surface area contributed by atoms with Gasteiger partial charge in [0.25, 0.3) is 0 Å². The van der Waals surface area contributed by atoms with Gasteiger partial charge in [-0.3, -0.25) is 0 Å². The molecule has 2 saturated carbocycles. The van der Waals surface area contributed by atoms with Gasteiger partial charge >= 0.3 is 29.2 Å². The van der Waals surface area contributed by atoms with Crippen molar-refractivity contribution in [3.05, 3.63) is 63.2 Å². The third-order valence-corrected chi connectivity index (χ3v) is 3.73. The number of ether oxygens (including phenoxy) is 2. The van der Waals surface area contributed by atoms with Gasteiger partial charge in [-0.25, -0.2) is 9.79 Å². The summed E-state index contributed by atoms with van der Waals surface area (Å²) in [5, 5.41) is 0. The minimum Gasteiger partial charge on any atom is -0.478 e. The molecule has 0 aromatic rings. The van der Waals surface area contributed by atoms with E-state index in [1.807, 2.05) is 46.0 Å². The molecule has 0 aromatic carbocycles. The smallest absolute Gasteiger partial charge is 0.478 e. The number of rotatable bonds is 4. The summed E-state index contributed by atoms with van der Waals surface area (Å²) < 4.78 is 46.0. The van der Waals surface area contributed by atoms with Crippen molar-refractivity contribution in [3.63, 3.8) is 0 Å². The van der Waals surface area contributed by atoms with E-state index in [1.165, 1.54) is 0 Å². The maximum absolute atomic E-state index is 12.1. The van der Waals surface area contributed by atoms with Crippen molar-refractivity contribution < 1.29 is 44.5 Å². The normalized spacial score (nSPS) is 23.3. The van der Waals surface area contributed by atoms with Crippen LogP contribution in [0.5, 0.6) is 0 Å². The fourth-order valence-corrected chi connectivity index (χ4v) is 2.22. The Hall–Kier alpha value is -0.751. The van der Waals surface area contributed by atoms with Gasteiger partial charge in [-0.05, 0) is 57.3 Å². The van der Waals surface area contributed by atoms with E-state index < -0.39 is 18.8 Å². The summed E-state index contributed by atoms with van der Waals surface area (Å²) in [5.41, 5.74) is 0. The number of carbonyl (C=O) groups is 1. The van der Waals surface area contributed by atoms with Crippen molar-refractivity contribution in [2.45, 2.75) is 26.1 Å². The Bertz CT molecular complexity index is 485. The van der Waals surface area contributed by atoms with Crippen LogP contribution < -0.4 is 0 Å². The maximum atomic E-state index is 12.1. The van der Waals surface area contributed by atoms with Gasteiger partial charge in [0.1, 0.15) is 6.61 Å². The van der Waals surface area contributed by atoms with Gasteiger partial charge in [0.05, 0.1) is 18.6 Å². The van der Waals surface area contributed by atoms with E-state index in [0.29, 0.717) is 30.3 Å². The monoisotopic (exact) mass is 423 g/mol. The van der Waals surface area contributed by atoms with Gasteiger partial charge in [0.15, 0.2) is 5.90 Å². The average molecular weight is 423 g/mol. The predicted molar refractivity (Wildman–Crippen MR) is 89.9 cm³/mol. The number of alkyl halides is 3. The van der Waals surface area contributed by atoms with Gasteiger partial charge in [-0.15, -0.1) is 0 Å². The summed E-state index contributed by atoms with van der Waals surface area (Å²) >= 11 is 0. The minimum absolute atomic E-state index is 0. The van der Waals surface area contributed by atoms with Gasteiger partial charge in [0, 0.05) is 5.92 Å². The first-order valence-electron chi connectivity index (χ1n) is 8.15. The zero-order valence-electron chi connectivity index (χ0n) is 14.8.